The van der Waals surface area contributed by atoms with Gasteiger partial charge in [0, 0.05) is 19.6 Å². The molecule has 6 nitrogen and oxygen atoms in total. The Hall–Kier alpha value is -0.660. The van der Waals surface area contributed by atoms with E-state index in [0.717, 1.165) is 12.8 Å². The van der Waals surface area contributed by atoms with E-state index in [4.69, 9.17) is 4.74 Å². The zero-order chi connectivity index (χ0) is 13.2. The van der Waals surface area contributed by atoms with E-state index in [2.05, 4.69) is 0 Å². The molecule has 0 aromatic rings. The highest BCUT2D eigenvalue weighted by molar-refractivity contribution is 7.88. The molecular formula is C11H20N2O4S. The van der Waals surface area contributed by atoms with Crippen LogP contribution in [0.15, 0.2) is 0 Å². The number of carbonyl (C=O) groups excluding carboxylic acids is 1. The van der Waals surface area contributed by atoms with Crippen LogP contribution in [0.25, 0.3) is 0 Å². The van der Waals surface area contributed by atoms with Crippen LogP contribution in [0.1, 0.15) is 19.3 Å². The Morgan fingerprint density at radius 1 is 1.17 bits per heavy atom. The molecule has 0 aliphatic carbocycles. The largest absolute Gasteiger partial charge is 0.378 e. The molecule has 1 unspecified atom stereocenters. The first-order chi connectivity index (χ1) is 8.50. The summed E-state index contributed by atoms with van der Waals surface area (Å²) >= 11 is 0. The van der Waals surface area contributed by atoms with Crippen LogP contribution in [0.5, 0.6) is 0 Å². The highest BCUT2D eigenvalue weighted by Crippen LogP contribution is 2.22. The molecule has 2 saturated heterocycles. The molecule has 2 aliphatic rings. The van der Waals surface area contributed by atoms with Gasteiger partial charge in [0.25, 0.3) is 0 Å². The molecule has 0 bridgehead atoms. The molecule has 7 heteroatoms. The van der Waals surface area contributed by atoms with Crippen molar-refractivity contribution in [3.63, 3.8) is 0 Å². The van der Waals surface area contributed by atoms with Crippen molar-refractivity contribution in [2.24, 2.45) is 0 Å². The highest BCUT2D eigenvalue weighted by Gasteiger charge is 2.36. The zero-order valence-corrected chi connectivity index (χ0v) is 11.5. The molecule has 2 aliphatic heterocycles. The van der Waals surface area contributed by atoms with Crippen molar-refractivity contribution >= 4 is 15.9 Å². The minimum absolute atomic E-state index is 0.0663. The van der Waals surface area contributed by atoms with Crippen molar-refractivity contribution in [3.8, 4) is 0 Å². The third kappa shape index (κ3) is 3.02. The summed E-state index contributed by atoms with van der Waals surface area (Å²) < 4.78 is 30.0. The zero-order valence-electron chi connectivity index (χ0n) is 10.7. The Morgan fingerprint density at radius 3 is 2.44 bits per heavy atom. The van der Waals surface area contributed by atoms with Gasteiger partial charge in [0.2, 0.25) is 15.9 Å². The second kappa shape index (κ2) is 5.54. The van der Waals surface area contributed by atoms with Crippen LogP contribution in [0.3, 0.4) is 0 Å². The van der Waals surface area contributed by atoms with Gasteiger partial charge in [-0.15, -0.1) is 0 Å². The smallest absolute Gasteiger partial charge is 0.241 e. The monoisotopic (exact) mass is 276 g/mol. The van der Waals surface area contributed by atoms with Crippen molar-refractivity contribution < 1.29 is 17.9 Å². The van der Waals surface area contributed by atoms with Gasteiger partial charge in [0.15, 0.2) is 0 Å². The summed E-state index contributed by atoms with van der Waals surface area (Å²) in [5.41, 5.74) is 0. The lowest BCUT2D eigenvalue weighted by molar-refractivity contribution is -0.140. The van der Waals surface area contributed by atoms with Gasteiger partial charge in [-0.2, -0.15) is 4.31 Å². The molecule has 0 aromatic heterocycles. The van der Waals surface area contributed by atoms with Gasteiger partial charge >= 0.3 is 0 Å². The Kier molecular flexibility index (Phi) is 4.24. The molecule has 1 atom stereocenters. The average Bonchev–Trinajstić information content (AvgIpc) is 2.38. The summed E-state index contributed by atoms with van der Waals surface area (Å²) in [6.45, 7) is 2.66. The number of hydrogen-bond donors (Lipinski definition) is 0. The van der Waals surface area contributed by atoms with Crippen LogP contribution >= 0.6 is 0 Å². The van der Waals surface area contributed by atoms with E-state index < -0.39 is 16.1 Å². The predicted molar refractivity (Wildman–Crippen MR) is 66.6 cm³/mol. The SMILES string of the molecule is CS(=O)(=O)N1CCCCC1C(=O)N1CCOCC1. The molecular weight excluding hydrogens is 256 g/mol. The van der Waals surface area contributed by atoms with Gasteiger partial charge in [-0.3, -0.25) is 4.79 Å². The van der Waals surface area contributed by atoms with E-state index in [1.807, 2.05) is 0 Å². The van der Waals surface area contributed by atoms with Crippen LogP contribution in [-0.4, -0.2) is 68.7 Å². The van der Waals surface area contributed by atoms with Crippen LogP contribution in [0.4, 0.5) is 0 Å². The molecule has 1 amide bonds. The molecule has 0 saturated carbocycles. The summed E-state index contributed by atoms with van der Waals surface area (Å²) in [5.74, 6) is -0.0663. The fourth-order valence-electron chi connectivity index (χ4n) is 2.54. The topological polar surface area (TPSA) is 66.9 Å². The lowest BCUT2D eigenvalue weighted by Crippen LogP contribution is -2.54. The Balaban J connectivity index is 2.10. The van der Waals surface area contributed by atoms with Crippen molar-refractivity contribution in [1.29, 1.82) is 0 Å². The highest BCUT2D eigenvalue weighted by atomic mass is 32.2. The first-order valence-electron chi connectivity index (χ1n) is 6.33. The Bertz CT molecular complexity index is 403. The van der Waals surface area contributed by atoms with Gasteiger partial charge < -0.3 is 9.64 Å². The Morgan fingerprint density at radius 2 is 1.83 bits per heavy atom. The number of piperidine rings is 1. The number of hydrogen-bond acceptors (Lipinski definition) is 4. The summed E-state index contributed by atoms with van der Waals surface area (Å²) in [7, 11) is -3.30. The number of ether oxygens (including phenoxy) is 1. The molecule has 0 aromatic carbocycles. The lowest BCUT2D eigenvalue weighted by atomic mass is 10.0. The minimum Gasteiger partial charge on any atom is -0.378 e. The third-order valence-electron chi connectivity index (χ3n) is 3.49. The van der Waals surface area contributed by atoms with E-state index in [9.17, 15) is 13.2 Å². The number of morpholine rings is 1. The van der Waals surface area contributed by atoms with E-state index in [-0.39, 0.29) is 5.91 Å². The predicted octanol–water partition coefficient (Wildman–Crippen LogP) is -0.341. The van der Waals surface area contributed by atoms with Crippen molar-refractivity contribution in [3.05, 3.63) is 0 Å². The maximum absolute atomic E-state index is 12.4. The first-order valence-corrected chi connectivity index (χ1v) is 8.18. The number of amides is 1. The number of carbonyl (C=O) groups is 1. The van der Waals surface area contributed by atoms with Crippen molar-refractivity contribution in [2.75, 3.05) is 39.1 Å². The summed E-state index contributed by atoms with van der Waals surface area (Å²) in [4.78, 5) is 14.1. The second-order valence-electron chi connectivity index (χ2n) is 4.82. The maximum Gasteiger partial charge on any atom is 0.241 e. The summed E-state index contributed by atoms with van der Waals surface area (Å²) in [6.07, 6.45) is 3.55. The molecule has 2 rings (SSSR count). The quantitative estimate of drug-likeness (QED) is 0.692. The van der Waals surface area contributed by atoms with Gasteiger partial charge in [0.05, 0.1) is 19.5 Å². The maximum atomic E-state index is 12.4. The van der Waals surface area contributed by atoms with Gasteiger partial charge in [0.1, 0.15) is 6.04 Å². The third-order valence-corrected chi connectivity index (χ3v) is 4.78. The summed E-state index contributed by atoms with van der Waals surface area (Å²) in [5, 5.41) is 0. The molecule has 0 radical (unpaired) electrons. The van der Waals surface area contributed by atoms with Crippen LogP contribution in [0.2, 0.25) is 0 Å². The number of sulfonamides is 1. The molecule has 104 valence electrons. The fourth-order valence-corrected chi connectivity index (χ4v) is 3.66. The standard InChI is InChI=1S/C11H20N2O4S/c1-18(15,16)13-5-3-2-4-10(13)11(14)12-6-8-17-9-7-12/h10H,2-9H2,1H3. The van der Waals surface area contributed by atoms with Crippen molar-refractivity contribution in [1.82, 2.24) is 9.21 Å². The van der Waals surface area contributed by atoms with E-state index >= 15 is 0 Å². The molecule has 2 heterocycles. The van der Waals surface area contributed by atoms with Gasteiger partial charge in [-0.05, 0) is 12.8 Å². The molecule has 0 spiro atoms. The van der Waals surface area contributed by atoms with E-state index in [0.29, 0.717) is 39.3 Å². The van der Waals surface area contributed by atoms with E-state index in [1.54, 1.807) is 4.90 Å². The number of rotatable bonds is 2. The van der Waals surface area contributed by atoms with Crippen LogP contribution < -0.4 is 0 Å². The minimum atomic E-state index is -3.30. The Labute approximate surface area is 108 Å². The van der Waals surface area contributed by atoms with Crippen LogP contribution in [0, 0.1) is 0 Å². The first kappa shape index (κ1) is 13.8. The molecule has 2 fully saturated rings. The van der Waals surface area contributed by atoms with Crippen molar-refractivity contribution in [2.45, 2.75) is 25.3 Å². The van der Waals surface area contributed by atoms with Gasteiger partial charge in [-0.1, -0.05) is 6.42 Å². The molecule has 0 N–H and O–H groups in total. The average molecular weight is 276 g/mol. The fraction of sp³-hybridized carbons (Fsp3) is 0.909. The summed E-state index contributed by atoms with van der Waals surface area (Å²) in [6, 6.07) is -0.508. The van der Waals surface area contributed by atoms with Crippen LogP contribution in [-0.2, 0) is 19.6 Å². The molecule has 18 heavy (non-hydrogen) atoms. The van der Waals surface area contributed by atoms with Gasteiger partial charge in [-0.25, -0.2) is 8.42 Å². The number of nitrogens with zero attached hydrogens (tertiary/aromatic N) is 2. The second-order valence-corrected chi connectivity index (χ2v) is 6.76. The lowest BCUT2D eigenvalue weighted by Gasteiger charge is -2.37. The normalized spacial score (nSPS) is 27.2. The van der Waals surface area contributed by atoms with E-state index in [1.165, 1.54) is 10.6 Å².